The molecule has 1 rings (SSSR count). The highest BCUT2D eigenvalue weighted by atomic mass is 79.9. The van der Waals surface area contributed by atoms with Crippen molar-refractivity contribution in [2.24, 2.45) is 5.73 Å². The first-order valence-electron chi connectivity index (χ1n) is 3.18. The molecule has 6 heteroatoms. The van der Waals surface area contributed by atoms with Gasteiger partial charge in [0.25, 0.3) is 4.80 Å². The van der Waals surface area contributed by atoms with E-state index in [0.29, 0.717) is 10.5 Å². The average Bonchev–Trinajstić information content (AvgIpc) is 2.35. The van der Waals surface area contributed by atoms with Crippen molar-refractivity contribution in [2.45, 2.75) is 12.5 Å². The maximum atomic E-state index is 10.3. The summed E-state index contributed by atoms with van der Waals surface area (Å²) in [6.07, 6.45) is 1.54. The van der Waals surface area contributed by atoms with E-state index in [1.54, 1.807) is 0 Å². The van der Waals surface area contributed by atoms with Gasteiger partial charge in [0, 0.05) is 22.4 Å². The Morgan fingerprint density at radius 2 is 2.58 bits per heavy atom. The van der Waals surface area contributed by atoms with Gasteiger partial charge in [-0.15, -0.1) is 0 Å². The smallest absolute Gasteiger partial charge is 0.320 e. The van der Waals surface area contributed by atoms with Crippen LogP contribution in [0.15, 0.2) is 15.5 Å². The van der Waals surface area contributed by atoms with Gasteiger partial charge >= 0.3 is 5.97 Å². The van der Waals surface area contributed by atoms with Crippen molar-refractivity contribution in [3.05, 3.63) is 16.8 Å². The molecule has 1 heterocycles. The highest BCUT2D eigenvalue weighted by Crippen LogP contribution is 2.09. The third kappa shape index (κ3) is 2.31. The fourth-order valence-corrected chi connectivity index (χ4v) is 1.01. The standard InChI is InChI=1S/C6H7BrN2O3/c7-6-9-3(2-12-6)1-4(8)5(10)11/h2,4H,1,8H2,(H,10,11). The van der Waals surface area contributed by atoms with E-state index >= 15 is 0 Å². The third-order valence-corrected chi connectivity index (χ3v) is 1.63. The van der Waals surface area contributed by atoms with Crippen LogP contribution in [0, 0.1) is 0 Å². The lowest BCUT2D eigenvalue weighted by Crippen LogP contribution is -2.32. The second kappa shape index (κ2) is 3.68. The first-order chi connectivity index (χ1) is 5.59. The Morgan fingerprint density at radius 3 is 3.00 bits per heavy atom. The summed E-state index contributed by atoms with van der Waals surface area (Å²) in [4.78, 5) is 14.5. The molecule has 0 aliphatic carbocycles. The van der Waals surface area contributed by atoms with Crippen molar-refractivity contribution in [3.8, 4) is 0 Å². The summed E-state index contributed by atoms with van der Waals surface area (Å²) in [5, 5.41) is 8.46. The molecule has 0 bridgehead atoms. The lowest BCUT2D eigenvalue weighted by atomic mass is 10.2. The molecule has 0 amide bonds. The molecule has 0 saturated heterocycles. The van der Waals surface area contributed by atoms with Gasteiger partial charge in [-0.1, -0.05) is 0 Å². The number of rotatable bonds is 3. The monoisotopic (exact) mass is 234 g/mol. The maximum Gasteiger partial charge on any atom is 0.320 e. The van der Waals surface area contributed by atoms with Gasteiger partial charge in [-0.05, 0) is 0 Å². The highest BCUT2D eigenvalue weighted by Gasteiger charge is 2.14. The van der Waals surface area contributed by atoms with E-state index in [-0.39, 0.29) is 6.42 Å². The van der Waals surface area contributed by atoms with E-state index in [1.807, 2.05) is 0 Å². The highest BCUT2D eigenvalue weighted by molar-refractivity contribution is 9.10. The maximum absolute atomic E-state index is 10.3. The van der Waals surface area contributed by atoms with Crippen LogP contribution in [-0.2, 0) is 11.2 Å². The Bertz CT molecular complexity index is 286. The Hall–Kier alpha value is -0.880. The van der Waals surface area contributed by atoms with Gasteiger partial charge in [0.2, 0.25) is 0 Å². The molecule has 3 N–H and O–H groups in total. The Balaban J connectivity index is 2.58. The molecular weight excluding hydrogens is 228 g/mol. The van der Waals surface area contributed by atoms with Gasteiger partial charge in [-0.25, -0.2) is 4.98 Å². The van der Waals surface area contributed by atoms with Crippen LogP contribution in [0.4, 0.5) is 0 Å². The Labute approximate surface area is 76.7 Å². The zero-order valence-corrected chi connectivity index (χ0v) is 7.61. The largest absolute Gasteiger partial charge is 0.480 e. The zero-order chi connectivity index (χ0) is 9.14. The molecule has 1 aromatic heterocycles. The minimum Gasteiger partial charge on any atom is -0.480 e. The number of carboxylic acid groups (broad SMARTS) is 1. The molecule has 1 unspecified atom stereocenters. The van der Waals surface area contributed by atoms with Crippen LogP contribution in [0.5, 0.6) is 0 Å². The zero-order valence-electron chi connectivity index (χ0n) is 6.03. The van der Waals surface area contributed by atoms with E-state index in [0.717, 1.165) is 0 Å². The number of hydrogen-bond donors (Lipinski definition) is 2. The number of aromatic nitrogens is 1. The second-order valence-electron chi connectivity index (χ2n) is 2.24. The quantitative estimate of drug-likeness (QED) is 0.790. The fourth-order valence-electron chi connectivity index (χ4n) is 0.689. The van der Waals surface area contributed by atoms with Crippen molar-refractivity contribution >= 4 is 21.9 Å². The number of oxazole rings is 1. The number of hydrogen-bond acceptors (Lipinski definition) is 4. The topological polar surface area (TPSA) is 89.4 Å². The molecule has 1 aromatic rings. The van der Waals surface area contributed by atoms with Crippen LogP contribution in [0.2, 0.25) is 0 Å². The van der Waals surface area contributed by atoms with Crippen LogP contribution in [-0.4, -0.2) is 22.1 Å². The molecule has 0 fully saturated rings. The normalized spacial score (nSPS) is 12.8. The van der Waals surface area contributed by atoms with Crippen LogP contribution >= 0.6 is 15.9 Å². The van der Waals surface area contributed by atoms with Crippen LogP contribution < -0.4 is 5.73 Å². The van der Waals surface area contributed by atoms with Gasteiger partial charge < -0.3 is 15.3 Å². The predicted molar refractivity (Wildman–Crippen MR) is 43.5 cm³/mol. The van der Waals surface area contributed by atoms with Crippen molar-refractivity contribution in [1.29, 1.82) is 0 Å². The van der Waals surface area contributed by atoms with Gasteiger partial charge in [-0.2, -0.15) is 0 Å². The first-order valence-corrected chi connectivity index (χ1v) is 3.97. The first kappa shape index (κ1) is 9.21. The summed E-state index contributed by atoms with van der Waals surface area (Å²) in [5.74, 6) is -1.05. The molecule has 0 saturated carbocycles. The van der Waals surface area contributed by atoms with E-state index < -0.39 is 12.0 Å². The Kier molecular flexibility index (Phi) is 2.83. The lowest BCUT2D eigenvalue weighted by molar-refractivity contribution is -0.138. The molecule has 0 aliphatic rings. The van der Waals surface area contributed by atoms with E-state index in [4.69, 9.17) is 15.3 Å². The molecule has 0 aliphatic heterocycles. The van der Waals surface area contributed by atoms with Gasteiger partial charge in [0.15, 0.2) is 0 Å². The number of nitrogens with two attached hydrogens (primary N) is 1. The van der Waals surface area contributed by atoms with Crippen molar-refractivity contribution < 1.29 is 14.3 Å². The minimum absolute atomic E-state index is 0.171. The number of carbonyl (C=O) groups is 1. The molecule has 5 nitrogen and oxygen atoms in total. The second-order valence-corrected chi connectivity index (χ2v) is 2.92. The molecule has 66 valence electrons. The van der Waals surface area contributed by atoms with Crippen LogP contribution in [0.25, 0.3) is 0 Å². The molecule has 0 spiro atoms. The summed E-state index contributed by atoms with van der Waals surface area (Å²) in [6.45, 7) is 0. The summed E-state index contributed by atoms with van der Waals surface area (Å²) in [5.41, 5.74) is 5.79. The van der Waals surface area contributed by atoms with Gasteiger partial charge in [-0.3, -0.25) is 4.79 Å². The third-order valence-electron chi connectivity index (χ3n) is 1.27. The van der Waals surface area contributed by atoms with Crippen LogP contribution in [0.1, 0.15) is 5.69 Å². The summed E-state index contributed by atoms with van der Waals surface area (Å²) < 4.78 is 4.80. The molecule has 1 atom stereocenters. The lowest BCUT2D eigenvalue weighted by Gasteiger charge is -2.00. The number of carboxylic acids is 1. The summed E-state index contributed by atoms with van der Waals surface area (Å²) >= 11 is 2.99. The van der Waals surface area contributed by atoms with E-state index in [9.17, 15) is 4.79 Å². The summed E-state index contributed by atoms with van der Waals surface area (Å²) in [7, 11) is 0. The SMILES string of the molecule is NC(Cc1coc(Br)n1)C(=O)O. The Morgan fingerprint density at radius 1 is 1.92 bits per heavy atom. The van der Waals surface area contributed by atoms with Crippen LogP contribution in [0.3, 0.4) is 0 Å². The van der Waals surface area contributed by atoms with Crippen molar-refractivity contribution in [3.63, 3.8) is 0 Å². The van der Waals surface area contributed by atoms with E-state index in [2.05, 4.69) is 20.9 Å². The number of halogens is 1. The van der Waals surface area contributed by atoms with E-state index in [1.165, 1.54) is 6.26 Å². The summed E-state index contributed by atoms with van der Waals surface area (Å²) in [6, 6.07) is -0.929. The van der Waals surface area contributed by atoms with Gasteiger partial charge in [0.1, 0.15) is 12.3 Å². The predicted octanol–water partition coefficient (Wildman–Crippen LogP) is 0.392. The molecule has 12 heavy (non-hydrogen) atoms. The molecule has 0 aromatic carbocycles. The average molecular weight is 235 g/mol. The number of nitrogens with zero attached hydrogens (tertiary/aromatic N) is 1. The van der Waals surface area contributed by atoms with Gasteiger partial charge in [0.05, 0.1) is 5.69 Å². The number of aliphatic carboxylic acids is 1. The fraction of sp³-hybridized carbons (Fsp3) is 0.333. The minimum atomic E-state index is -1.05. The van der Waals surface area contributed by atoms with Crippen molar-refractivity contribution in [1.82, 2.24) is 4.98 Å². The molecular formula is C6H7BrN2O3. The molecule has 0 radical (unpaired) electrons. The van der Waals surface area contributed by atoms with Crippen molar-refractivity contribution in [2.75, 3.05) is 0 Å².